The summed E-state index contributed by atoms with van der Waals surface area (Å²) < 4.78 is 62.2. The van der Waals surface area contributed by atoms with Crippen LogP contribution in [0.15, 0.2) is 0 Å². The Morgan fingerprint density at radius 2 is 1.58 bits per heavy atom. The summed E-state index contributed by atoms with van der Waals surface area (Å²) >= 11 is 0. The van der Waals surface area contributed by atoms with E-state index >= 15 is 0 Å². The number of rotatable bonds is 4. The van der Waals surface area contributed by atoms with E-state index in [-0.39, 0.29) is 0 Å². The topological polar surface area (TPSA) is 9.23 Å². The van der Waals surface area contributed by atoms with Crippen LogP contribution in [0.4, 0.5) is 22.0 Å². The van der Waals surface area contributed by atoms with Crippen molar-refractivity contribution in [3.8, 4) is 0 Å². The third-order valence-electron chi connectivity index (χ3n) is 1.11. The fourth-order valence-corrected chi connectivity index (χ4v) is 0.418. The molecule has 0 bridgehead atoms. The van der Waals surface area contributed by atoms with E-state index in [1.165, 1.54) is 0 Å². The van der Waals surface area contributed by atoms with E-state index in [2.05, 4.69) is 4.74 Å². The second-order valence-corrected chi connectivity index (χ2v) is 2.20. The lowest BCUT2D eigenvalue weighted by Gasteiger charge is -2.15. The van der Waals surface area contributed by atoms with E-state index in [4.69, 9.17) is 0 Å². The van der Waals surface area contributed by atoms with Crippen LogP contribution in [0, 0.1) is 0 Å². The SMILES string of the molecule is CCC(F)(F)OCCC(F)(F)F. The molecule has 0 aliphatic heterocycles. The summed E-state index contributed by atoms with van der Waals surface area (Å²) in [5.74, 6) is 0. The smallest absolute Gasteiger partial charge is 0.320 e. The number of alkyl halides is 5. The van der Waals surface area contributed by atoms with Gasteiger partial charge < -0.3 is 4.74 Å². The molecule has 0 fully saturated rings. The first-order valence-corrected chi connectivity index (χ1v) is 3.35. The van der Waals surface area contributed by atoms with Crippen molar-refractivity contribution in [2.75, 3.05) is 6.61 Å². The van der Waals surface area contributed by atoms with Gasteiger partial charge >= 0.3 is 12.3 Å². The number of hydrogen-bond acceptors (Lipinski definition) is 1. The van der Waals surface area contributed by atoms with E-state index in [1.807, 2.05) is 0 Å². The van der Waals surface area contributed by atoms with Gasteiger partial charge in [0.25, 0.3) is 0 Å². The Hall–Kier alpha value is -0.390. The molecule has 0 aromatic rings. The molecule has 0 radical (unpaired) electrons. The van der Waals surface area contributed by atoms with Gasteiger partial charge in [0, 0.05) is 6.42 Å². The van der Waals surface area contributed by atoms with Crippen LogP contribution in [0.3, 0.4) is 0 Å². The Labute approximate surface area is 66.5 Å². The lowest BCUT2D eigenvalue weighted by molar-refractivity contribution is -0.252. The van der Waals surface area contributed by atoms with E-state index in [1.54, 1.807) is 0 Å². The van der Waals surface area contributed by atoms with Gasteiger partial charge in [-0.05, 0) is 0 Å². The largest absolute Gasteiger partial charge is 0.391 e. The molecule has 0 aliphatic rings. The highest BCUT2D eigenvalue weighted by Crippen LogP contribution is 2.23. The maximum Gasteiger partial charge on any atom is 0.391 e. The van der Waals surface area contributed by atoms with Gasteiger partial charge in [-0.25, -0.2) is 0 Å². The lowest BCUT2D eigenvalue weighted by atomic mass is 10.4. The Morgan fingerprint density at radius 3 is 1.92 bits per heavy atom. The van der Waals surface area contributed by atoms with Gasteiger partial charge in [-0.15, -0.1) is 0 Å². The van der Waals surface area contributed by atoms with Gasteiger partial charge in [0.2, 0.25) is 0 Å². The molecular weight excluding hydrogens is 183 g/mol. The third-order valence-corrected chi connectivity index (χ3v) is 1.11. The highest BCUT2D eigenvalue weighted by atomic mass is 19.4. The zero-order chi connectivity index (χ0) is 9.83. The summed E-state index contributed by atoms with van der Waals surface area (Å²) in [4.78, 5) is 0. The van der Waals surface area contributed by atoms with Crippen molar-refractivity contribution in [2.45, 2.75) is 32.1 Å². The molecule has 0 saturated carbocycles. The minimum Gasteiger partial charge on any atom is -0.320 e. The van der Waals surface area contributed by atoms with Crippen molar-refractivity contribution < 1.29 is 26.7 Å². The van der Waals surface area contributed by atoms with Crippen molar-refractivity contribution >= 4 is 0 Å². The second-order valence-electron chi connectivity index (χ2n) is 2.20. The molecule has 0 heterocycles. The van der Waals surface area contributed by atoms with E-state index in [0.29, 0.717) is 0 Å². The second kappa shape index (κ2) is 4.02. The van der Waals surface area contributed by atoms with E-state index in [9.17, 15) is 22.0 Å². The minimum absolute atomic E-state index is 0.620. The third kappa shape index (κ3) is 6.33. The van der Waals surface area contributed by atoms with Crippen LogP contribution in [0.25, 0.3) is 0 Å². The summed E-state index contributed by atoms with van der Waals surface area (Å²) in [5.41, 5.74) is 0. The summed E-state index contributed by atoms with van der Waals surface area (Å²) in [6.07, 6.45) is -9.84. The molecule has 0 spiro atoms. The van der Waals surface area contributed by atoms with Gasteiger partial charge in [-0.1, -0.05) is 6.92 Å². The molecular formula is C6H9F5O. The van der Waals surface area contributed by atoms with Crippen molar-refractivity contribution in [1.29, 1.82) is 0 Å². The number of ether oxygens (including phenoxy) is 1. The molecule has 74 valence electrons. The molecule has 0 atom stereocenters. The van der Waals surface area contributed by atoms with Gasteiger partial charge in [-0.2, -0.15) is 22.0 Å². The van der Waals surface area contributed by atoms with Crippen LogP contribution in [0.5, 0.6) is 0 Å². The maximum atomic E-state index is 12.1. The predicted octanol–water partition coefficient (Wildman–Crippen LogP) is 2.96. The van der Waals surface area contributed by atoms with Crippen LogP contribution >= 0.6 is 0 Å². The average Bonchev–Trinajstić information content (AvgIpc) is 1.84. The van der Waals surface area contributed by atoms with Gasteiger partial charge in [0.05, 0.1) is 13.0 Å². The van der Waals surface area contributed by atoms with Gasteiger partial charge in [-0.3, -0.25) is 0 Å². The molecule has 0 N–H and O–H groups in total. The normalized spacial score (nSPS) is 13.5. The van der Waals surface area contributed by atoms with Crippen LogP contribution < -0.4 is 0 Å². The first kappa shape index (κ1) is 11.6. The molecule has 6 heteroatoms. The fraction of sp³-hybridized carbons (Fsp3) is 1.00. The highest BCUT2D eigenvalue weighted by Gasteiger charge is 2.31. The first-order chi connectivity index (χ1) is 5.27. The molecule has 0 rings (SSSR count). The highest BCUT2D eigenvalue weighted by molar-refractivity contribution is 4.52. The molecule has 0 saturated heterocycles. The fourth-order valence-electron chi connectivity index (χ4n) is 0.418. The van der Waals surface area contributed by atoms with Crippen LogP contribution in [-0.2, 0) is 4.74 Å². The minimum atomic E-state index is -4.44. The zero-order valence-corrected chi connectivity index (χ0v) is 6.42. The van der Waals surface area contributed by atoms with Crippen molar-refractivity contribution in [1.82, 2.24) is 0 Å². The summed E-state index contributed by atoms with van der Waals surface area (Å²) in [6.45, 7) is 0.137. The molecule has 0 aliphatic carbocycles. The average molecular weight is 192 g/mol. The van der Waals surface area contributed by atoms with Crippen molar-refractivity contribution in [3.05, 3.63) is 0 Å². The summed E-state index contributed by atoms with van der Waals surface area (Å²) in [5, 5.41) is 0. The summed E-state index contributed by atoms with van der Waals surface area (Å²) in [7, 11) is 0. The van der Waals surface area contributed by atoms with E-state index < -0.39 is 31.7 Å². The van der Waals surface area contributed by atoms with Crippen LogP contribution in [-0.4, -0.2) is 18.9 Å². The Bertz CT molecular complexity index is 130. The number of hydrogen-bond donors (Lipinski definition) is 0. The Balaban J connectivity index is 3.57. The number of halogens is 5. The monoisotopic (exact) mass is 192 g/mol. The molecule has 0 aromatic heterocycles. The molecule has 12 heavy (non-hydrogen) atoms. The molecule has 0 unspecified atom stereocenters. The van der Waals surface area contributed by atoms with E-state index in [0.717, 1.165) is 6.92 Å². The van der Waals surface area contributed by atoms with Crippen LogP contribution in [0.1, 0.15) is 19.8 Å². The Morgan fingerprint density at radius 1 is 1.08 bits per heavy atom. The van der Waals surface area contributed by atoms with Crippen molar-refractivity contribution in [3.63, 3.8) is 0 Å². The zero-order valence-electron chi connectivity index (χ0n) is 6.42. The summed E-state index contributed by atoms with van der Waals surface area (Å²) in [6, 6.07) is 0. The van der Waals surface area contributed by atoms with Gasteiger partial charge in [0.1, 0.15) is 0 Å². The molecule has 1 nitrogen and oxygen atoms in total. The van der Waals surface area contributed by atoms with Crippen LogP contribution in [0.2, 0.25) is 0 Å². The molecule has 0 aromatic carbocycles. The molecule has 0 amide bonds. The Kier molecular flexibility index (Phi) is 3.89. The van der Waals surface area contributed by atoms with Crippen molar-refractivity contribution in [2.24, 2.45) is 0 Å². The maximum absolute atomic E-state index is 12.1. The lowest BCUT2D eigenvalue weighted by Crippen LogP contribution is -2.22. The quantitative estimate of drug-likeness (QED) is 0.622. The standard InChI is InChI=1S/C6H9F5O/c1-2-6(10,11)12-4-3-5(7,8)9/h2-4H2,1H3. The first-order valence-electron chi connectivity index (χ1n) is 3.35. The van der Waals surface area contributed by atoms with Gasteiger partial charge in [0.15, 0.2) is 0 Å². The predicted molar refractivity (Wildman–Crippen MR) is 31.9 cm³/mol.